The van der Waals surface area contributed by atoms with Crippen molar-refractivity contribution in [2.75, 3.05) is 5.32 Å². The zero-order valence-corrected chi connectivity index (χ0v) is 20.6. The van der Waals surface area contributed by atoms with Crippen molar-refractivity contribution in [3.8, 4) is 33.2 Å². The standard InChI is InChI=1S/C26H22N8OS/c1-26(2,3)25(35)29-15-9-14(10-27-11-15)17-6-7-18-22(30-17)23(34-33-18)24-31-19-13-28-12-16(21(19)32-24)20-5-4-8-36-20/h4-13H,1-3H3,(H,29,35)(H,31,32)(H,33,34). The average Bonchev–Trinajstić information content (AvgIpc) is 3.62. The summed E-state index contributed by atoms with van der Waals surface area (Å²) in [7, 11) is 0. The van der Waals surface area contributed by atoms with Gasteiger partial charge >= 0.3 is 0 Å². The topological polar surface area (TPSA) is 125 Å². The Bertz CT molecular complexity index is 1730. The lowest BCUT2D eigenvalue weighted by atomic mass is 9.95. The van der Waals surface area contributed by atoms with Gasteiger partial charge in [0, 0.05) is 33.8 Å². The second kappa shape index (κ2) is 8.35. The minimum Gasteiger partial charge on any atom is -0.335 e. The number of carbonyl (C=O) groups is 1. The average molecular weight is 495 g/mol. The molecule has 0 saturated carbocycles. The Morgan fingerprint density at radius 2 is 1.83 bits per heavy atom. The van der Waals surface area contributed by atoms with Gasteiger partial charge in [-0.05, 0) is 29.6 Å². The predicted molar refractivity (Wildman–Crippen MR) is 141 cm³/mol. The number of nitrogens with zero attached hydrogens (tertiary/aromatic N) is 5. The molecule has 0 radical (unpaired) electrons. The molecule has 0 atom stereocenters. The van der Waals surface area contributed by atoms with Gasteiger partial charge in [0.15, 0.2) is 11.5 Å². The summed E-state index contributed by atoms with van der Waals surface area (Å²) in [4.78, 5) is 35.3. The summed E-state index contributed by atoms with van der Waals surface area (Å²) >= 11 is 1.65. The number of thiophene rings is 1. The van der Waals surface area contributed by atoms with Crippen LogP contribution in [0.15, 0.2) is 60.5 Å². The quantitative estimate of drug-likeness (QED) is 0.290. The Hall–Kier alpha value is -4.44. The van der Waals surface area contributed by atoms with Crippen LogP contribution < -0.4 is 5.32 Å². The first-order chi connectivity index (χ1) is 17.4. The van der Waals surface area contributed by atoms with Gasteiger partial charge in [-0.3, -0.25) is 19.9 Å². The number of anilines is 1. The number of H-pyrrole nitrogens is 2. The number of hydrogen-bond donors (Lipinski definition) is 3. The van der Waals surface area contributed by atoms with Gasteiger partial charge in [0.1, 0.15) is 11.0 Å². The molecule has 0 aromatic carbocycles. The molecule has 0 bridgehead atoms. The number of amides is 1. The second-order valence-electron chi connectivity index (χ2n) is 9.48. The molecule has 0 aliphatic heterocycles. The summed E-state index contributed by atoms with van der Waals surface area (Å²) in [5.41, 5.74) is 6.32. The van der Waals surface area contributed by atoms with E-state index < -0.39 is 5.41 Å². The van der Waals surface area contributed by atoms with Crippen LogP contribution in [0.2, 0.25) is 0 Å². The van der Waals surface area contributed by atoms with E-state index in [1.165, 1.54) is 0 Å². The molecule has 9 nitrogen and oxygen atoms in total. The molecular formula is C26H22N8OS. The van der Waals surface area contributed by atoms with Gasteiger partial charge in [-0.15, -0.1) is 11.3 Å². The smallest absolute Gasteiger partial charge is 0.229 e. The Morgan fingerprint density at radius 3 is 2.64 bits per heavy atom. The fourth-order valence-corrected chi connectivity index (χ4v) is 4.59. The highest BCUT2D eigenvalue weighted by molar-refractivity contribution is 7.13. The molecule has 1 amide bonds. The first-order valence-corrected chi connectivity index (χ1v) is 12.2. The third-order valence-electron chi connectivity index (χ3n) is 5.79. The molecule has 0 fully saturated rings. The Labute approximate surface area is 210 Å². The Morgan fingerprint density at radius 1 is 0.972 bits per heavy atom. The zero-order valence-electron chi connectivity index (χ0n) is 19.8. The molecule has 6 aromatic heterocycles. The van der Waals surface area contributed by atoms with E-state index in [2.05, 4.69) is 36.5 Å². The van der Waals surface area contributed by atoms with Crippen molar-refractivity contribution in [1.29, 1.82) is 0 Å². The van der Waals surface area contributed by atoms with Crippen LogP contribution >= 0.6 is 11.3 Å². The second-order valence-corrected chi connectivity index (χ2v) is 10.4. The third-order valence-corrected chi connectivity index (χ3v) is 6.69. The van der Waals surface area contributed by atoms with E-state index in [1.807, 2.05) is 56.6 Å². The van der Waals surface area contributed by atoms with Gasteiger partial charge in [0.25, 0.3) is 0 Å². The summed E-state index contributed by atoms with van der Waals surface area (Å²) in [5, 5.41) is 12.5. The molecule has 0 spiro atoms. The summed E-state index contributed by atoms with van der Waals surface area (Å²) < 4.78 is 0. The maximum atomic E-state index is 12.4. The van der Waals surface area contributed by atoms with E-state index in [4.69, 9.17) is 9.97 Å². The van der Waals surface area contributed by atoms with Gasteiger partial charge in [0.05, 0.1) is 34.8 Å². The largest absolute Gasteiger partial charge is 0.335 e. The normalized spacial score (nSPS) is 11.9. The minimum absolute atomic E-state index is 0.0803. The van der Waals surface area contributed by atoms with E-state index in [-0.39, 0.29) is 5.91 Å². The Kier molecular flexibility index (Phi) is 5.11. The van der Waals surface area contributed by atoms with Crippen molar-refractivity contribution in [3.05, 3.63) is 60.5 Å². The van der Waals surface area contributed by atoms with Crippen molar-refractivity contribution >= 4 is 45.0 Å². The van der Waals surface area contributed by atoms with Crippen LogP contribution in [0.5, 0.6) is 0 Å². The zero-order chi connectivity index (χ0) is 24.9. The lowest BCUT2D eigenvalue weighted by molar-refractivity contribution is -0.123. The number of carbonyl (C=O) groups excluding carboxylic acids is 1. The maximum Gasteiger partial charge on any atom is 0.229 e. The lowest BCUT2D eigenvalue weighted by Gasteiger charge is -2.17. The number of pyridine rings is 3. The fourth-order valence-electron chi connectivity index (χ4n) is 3.85. The van der Waals surface area contributed by atoms with E-state index in [1.54, 1.807) is 29.9 Å². The van der Waals surface area contributed by atoms with Gasteiger partial charge in [-0.1, -0.05) is 26.8 Å². The van der Waals surface area contributed by atoms with Crippen LogP contribution in [0.1, 0.15) is 20.8 Å². The molecule has 0 aliphatic carbocycles. The monoisotopic (exact) mass is 494 g/mol. The molecule has 178 valence electrons. The molecule has 3 N–H and O–H groups in total. The fraction of sp³-hybridized carbons (Fsp3) is 0.154. The van der Waals surface area contributed by atoms with Crippen molar-refractivity contribution < 1.29 is 4.79 Å². The molecule has 10 heteroatoms. The third kappa shape index (κ3) is 3.91. The summed E-state index contributed by atoms with van der Waals surface area (Å²) in [5.74, 6) is 0.527. The summed E-state index contributed by atoms with van der Waals surface area (Å²) in [6.45, 7) is 5.60. The van der Waals surface area contributed by atoms with Crippen molar-refractivity contribution in [1.82, 2.24) is 35.1 Å². The summed E-state index contributed by atoms with van der Waals surface area (Å²) in [6.07, 6.45) is 6.94. The first-order valence-electron chi connectivity index (χ1n) is 11.4. The van der Waals surface area contributed by atoms with E-state index in [0.717, 1.165) is 32.6 Å². The van der Waals surface area contributed by atoms with Crippen molar-refractivity contribution in [2.45, 2.75) is 20.8 Å². The molecular weight excluding hydrogens is 472 g/mol. The number of imidazole rings is 1. The van der Waals surface area contributed by atoms with E-state index in [0.29, 0.717) is 28.4 Å². The molecule has 0 aliphatic rings. The number of fused-ring (bicyclic) bond motifs is 2. The first kappa shape index (κ1) is 22.1. The van der Waals surface area contributed by atoms with E-state index >= 15 is 0 Å². The van der Waals surface area contributed by atoms with Crippen LogP contribution in [0, 0.1) is 5.41 Å². The molecule has 0 saturated heterocycles. The molecule has 0 unspecified atom stereocenters. The lowest BCUT2D eigenvalue weighted by Crippen LogP contribution is -2.27. The number of aromatic amines is 2. The highest BCUT2D eigenvalue weighted by atomic mass is 32.1. The number of hydrogen-bond acceptors (Lipinski definition) is 7. The maximum absolute atomic E-state index is 12.4. The molecule has 6 heterocycles. The summed E-state index contributed by atoms with van der Waals surface area (Å²) in [6, 6.07) is 9.76. The van der Waals surface area contributed by atoms with Gasteiger partial charge < -0.3 is 10.3 Å². The van der Waals surface area contributed by atoms with E-state index in [9.17, 15) is 4.79 Å². The number of nitrogens with one attached hydrogen (secondary N) is 3. The van der Waals surface area contributed by atoms with Crippen molar-refractivity contribution in [3.63, 3.8) is 0 Å². The SMILES string of the molecule is CC(C)(C)C(=O)Nc1cncc(-c2ccc3[nH]nc(-c4nc5c(-c6cccs6)cncc5[nH]4)c3n2)c1. The molecule has 6 rings (SSSR count). The van der Waals surface area contributed by atoms with Crippen LogP contribution in [0.25, 0.3) is 55.3 Å². The number of rotatable bonds is 4. The van der Waals surface area contributed by atoms with Crippen LogP contribution in [-0.2, 0) is 4.79 Å². The molecule has 6 aromatic rings. The highest BCUT2D eigenvalue weighted by Gasteiger charge is 2.22. The molecule has 36 heavy (non-hydrogen) atoms. The number of aromatic nitrogens is 7. The highest BCUT2D eigenvalue weighted by Crippen LogP contribution is 2.33. The van der Waals surface area contributed by atoms with Crippen LogP contribution in [-0.4, -0.2) is 41.0 Å². The van der Waals surface area contributed by atoms with Gasteiger partial charge in [-0.2, -0.15) is 5.10 Å². The minimum atomic E-state index is -0.510. The van der Waals surface area contributed by atoms with Crippen LogP contribution in [0.3, 0.4) is 0 Å². The van der Waals surface area contributed by atoms with Crippen molar-refractivity contribution in [2.24, 2.45) is 5.41 Å². The van der Waals surface area contributed by atoms with Gasteiger partial charge in [-0.25, -0.2) is 9.97 Å². The Balaban J connectivity index is 1.40. The van der Waals surface area contributed by atoms with Crippen LogP contribution in [0.4, 0.5) is 5.69 Å². The van der Waals surface area contributed by atoms with Gasteiger partial charge in [0.2, 0.25) is 5.91 Å². The predicted octanol–water partition coefficient (Wildman–Crippen LogP) is 5.67.